The summed E-state index contributed by atoms with van der Waals surface area (Å²) in [7, 11) is 0. The Kier molecular flexibility index (Phi) is 4.40. The van der Waals surface area contributed by atoms with Gasteiger partial charge in [-0.3, -0.25) is 4.79 Å². The molecule has 0 spiro atoms. The first-order valence-corrected chi connectivity index (χ1v) is 9.39. The van der Waals surface area contributed by atoms with Crippen molar-refractivity contribution in [1.82, 2.24) is 15.2 Å². The molecule has 1 N–H and O–H groups in total. The van der Waals surface area contributed by atoms with Crippen LogP contribution in [0.4, 0.5) is 0 Å². The van der Waals surface area contributed by atoms with Crippen molar-refractivity contribution in [3.8, 4) is 11.4 Å². The number of thioether (sulfide) groups is 1. The molecule has 0 bridgehead atoms. The molecule has 1 atom stereocenters. The zero-order chi connectivity index (χ0) is 17.2. The number of hydrogen-bond acceptors (Lipinski definition) is 4. The fourth-order valence-corrected chi connectivity index (χ4v) is 4.03. The number of hydrogen-bond donors (Lipinski definition) is 1. The van der Waals surface area contributed by atoms with Gasteiger partial charge < -0.3 is 4.98 Å². The normalized spacial score (nSPS) is 14.3. The SMILES string of the molecule is CC(Sc1nnc(-c2ccccc2)[nH]1)C(=O)c1ccc2c(c1)CCC2. The van der Waals surface area contributed by atoms with Gasteiger partial charge in [0.25, 0.3) is 0 Å². The second-order valence-corrected chi connectivity index (χ2v) is 7.64. The molecule has 0 saturated heterocycles. The fraction of sp³-hybridized carbons (Fsp3) is 0.250. The Hall–Kier alpha value is -2.40. The summed E-state index contributed by atoms with van der Waals surface area (Å²) in [6, 6.07) is 16.0. The molecule has 4 nitrogen and oxygen atoms in total. The molecular weight excluding hydrogens is 330 g/mol. The number of fused-ring (bicyclic) bond motifs is 1. The number of benzene rings is 2. The van der Waals surface area contributed by atoms with Crippen LogP contribution in [0.25, 0.3) is 11.4 Å². The van der Waals surface area contributed by atoms with Crippen molar-refractivity contribution in [1.29, 1.82) is 0 Å². The van der Waals surface area contributed by atoms with Gasteiger partial charge in [-0.05, 0) is 43.4 Å². The van der Waals surface area contributed by atoms with Gasteiger partial charge in [0.2, 0.25) is 0 Å². The second-order valence-electron chi connectivity index (χ2n) is 6.31. The van der Waals surface area contributed by atoms with Gasteiger partial charge in [0, 0.05) is 11.1 Å². The van der Waals surface area contributed by atoms with E-state index in [0.717, 1.165) is 29.8 Å². The van der Waals surface area contributed by atoms with E-state index in [1.54, 1.807) is 0 Å². The Labute approximate surface area is 151 Å². The first kappa shape index (κ1) is 16.1. The van der Waals surface area contributed by atoms with Gasteiger partial charge >= 0.3 is 0 Å². The molecule has 0 radical (unpaired) electrons. The molecule has 25 heavy (non-hydrogen) atoms. The molecule has 1 unspecified atom stereocenters. The number of Topliss-reactive ketones (excluding diaryl/α,β-unsaturated/α-hetero) is 1. The molecule has 0 saturated carbocycles. The van der Waals surface area contributed by atoms with Crippen LogP contribution in [0.15, 0.2) is 53.7 Å². The molecule has 2 aromatic carbocycles. The molecule has 5 heteroatoms. The number of aromatic nitrogens is 3. The Bertz CT molecular complexity index is 904. The van der Waals surface area contributed by atoms with E-state index >= 15 is 0 Å². The molecule has 4 rings (SSSR count). The number of carbonyl (C=O) groups is 1. The van der Waals surface area contributed by atoms with Crippen molar-refractivity contribution in [2.45, 2.75) is 36.6 Å². The summed E-state index contributed by atoms with van der Waals surface area (Å²) in [6.07, 6.45) is 3.41. The highest BCUT2D eigenvalue weighted by molar-refractivity contribution is 8.00. The van der Waals surface area contributed by atoms with Gasteiger partial charge in [0.15, 0.2) is 16.8 Å². The van der Waals surface area contributed by atoms with Crippen LogP contribution >= 0.6 is 11.8 Å². The average molecular weight is 349 g/mol. The first-order chi connectivity index (χ1) is 12.2. The molecule has 1 aliphatic carbocycles. The highest BCUT2D eigenvalue weighted by Crippen LogP contribution is 2.27. The van der Waals surface area contributed by atoms with Gasteiger partial charge in [0.05, 0.1) is 5.25 Å². The van der Waals surface area contributed by atoms with Crippen LogP contribution in [0.5, 0.6) is 0 Å². The molecule has 3 aromatic rings. The van der Waals surface area contributed by atoms with Gasteiger partial charge in [-0.25, -0.2) is 0 Å². The third-order valence-corrected chi connectivity index (χ3v) is 5.53. The van der Waals surface area contributed by atoms with Crippen molar-refractivity contribution in [2.24, 2.45) is 0 Å². The molecule has 0 amide bonds. The molecule has 1 aliphatic rings. The predicted molar refractivity (Wildman–Crippen MR) is 99.9 cm³/mol. The molecule has 0 aliphatic heterocycles. The Morgan fingerprint density at radius 2 is 1.88 bits per heavy atom. The summed E-state index contributed by atoms with van der Waals surface area (Å²) < 4.78 is 0. The lowest BCUT2D eigenvalue weighted by molar-refractivity contribution is 0.0994. The standard InChI is InChI=1S/C20H19N3OS/c1-13(18(24)17-11-10-14-8-5-9-16(14)12-17)25-20-21-19(22-23-20)15-6-3-2-4-7-15/h2-4,6-7,10-13H,5,8-9H2,1H3,(H,21,22,23). The van der Waals surface area contributed by atoms with E-state index < -0.39 is 0 Å². The highest BCUT2D eigenvalue weighted by Gasteiger charge is 2.20. The van der Waals surface area contributed by atoms with Crippen LogP contribution in [-0.2, 0) is 12.8 Å². The third kappa shape index (κ3) is 3.37. The summed E-state index contributed by atoms with van der Waals surface area (Å²) in [4.78, 5) is 15.9. The minimum absolute atomic E-state index is 0.136. The number of nitrogens with one attached hydrogen (secondary N) is 1. The highest BCUT2D eigenvalue weighted by atomic mass is 32.2. The summed E-state index contributed by atoms with van der Waals surface area (Å²) >= 11 is 1.42. The van der Waals surface area contributed by atoms with Crippen LogP contribution in [0.3, 0.4) is 0 Å². The van der Waals surface area contributed by atoms with Crippen molar-refractivity contribution >= 4 is 17.5 Å². The van der Waals surface area contributed by atoms with Crippen LogP contribution in [-0.4, -0.2) is 26.2 Å². The lowest BCUT2D eigenvalue weighted by Crippen LogP contribution is -2.14. The van der Waals surface area contributed by atoms with Crippen LogP contribution < -0.4 is 0 Å². The number of H-pyrrole nitrogens is 1. The van der Waals surface area contributed by atoms with Gasteiger partial charge in [-0.2, -0.15) is 0 Å². The van der Waals surface area contributed by atoms with Gasteiger partial charge in [-0.15, -0.1) is 10.2 Å². The lowest BCUT2D eigenvalue weighted by atomic mass is 10.0. The summed E-state index contributed by atoms with van der Waals surface area (Å²) in [5, 5.41) is 8.81. The Balaban J connectivity index is 1.47. The maximum Gasteiger partial charge on any atom is 0.189 e. The number of carbonyl (C=O) groups excluding carboxylic acids is 1. The van der Waals surface area contributed by atoms with Gasteiger partial charge in [-0.1, -0.05) is 54.2 Å². The minimum atomic E-state index is -0.212. The summed E-state index contributed by atoms with van der Waals surface area (Å²) in [5.74, 6) is 0.859. The second kappa shape index (κ2) is 6.84. The van der Waals surface area contributed by atoms with Crippen molar-refractivity contribution in [3.05, 3.63) is 65.2 Å². The summed E-state index contributed by atoms with van der Waals surface area (Å²) in [6.45, 7) is 1.92. The number of rotatable bonds is 5. The smallest absolute Gasteiger partial charge is 0.189 e. The zero-order valence-electron chi connectivity index (χ0n) is 14.0. The Morgan fingerprint density at radius 3 is 2.72 bits per heavy atom. The van der Waals surface area contributed by atoms with E-state index in [9.17, 15) is 4.79 Å². The summed E-state index contributed by atoms with van der Waals surface area (Å²) in [5.41, 5.74) is 4.50. The third-order valence-electron chi connectivity index (χ3n) is 4.55. The molecular formula is C20H19N3OS. The van der Waals surface area contributed by atoms with E-state index in [4.69, 9.17) is 0 Å². The number of aryl methyl sites for hydroxylation is 2. The van der Waals surface area contributed by atoms with Crippen LogP contribution in [0.2, 0.25) is 0 Å². The van der Waals surface area contributed by atoms with E-state index in [1.165, 1.54) is 29.3 Å². The molecule has 1 aromatic heterocycles. The van der Waals surface area contributed by atoms with Crippen molar-refractivity contribution in [3.63, 3.8) is 0 Å². The van der Waals surface area contributed by atoms with Crippen LogP contribution in [0, 0.1) is 0 Å². The maximum absolute atomic E-state index is 12.7. The topological polar surface area (TPSA) is 58.6 Å². The van der Waals surface area contributed by atoms with Crippen LogP contribution in [0.1, 0.15) is 34.8 Å². The van der Waals surface area contributed by atoms with Gasteiger partial charge in [0.1, 0.15) is 0 Å². The molecule has 1 heterocycles. The minimum Gasteiger partial charge on any atom is -0.316 e. The quantitative estimate of drug-likeness (QED) is 0.550. The van der Waals surface area contributed by atoms with Crippen molar-refractivity contribution < 1.29 is 4.79 Å². The monoisotopic (exact) mass is 349 g/mol. The van der Waals surface area contributed by atoms with E-state index in [0.29, 0.717) is 5.16 Å². The predicted octanol–water partition coefficient (Wildman–Crippen LogP) is 4.32. The largest absolute Gasteiger partial charge is 0.316 e. The Morgan fingerprint density at radius 1 is 1.08 bits per heavy atom. The number of aromatic amines is 1. The van der Waals surface area contributed by atoms with E-state index in [2.05, 4.69) is 27.3 Å². The number of ketones is 1. The lowest BCUT2D eigenvalue weighted by Gasteiger charge is -2.09. The fourth-order valence-electron chi connectivity index (χ4n) is 3.21. The zero-order valence-corrected chi connectivity index (χ0v) is 14.8. The average Bonchev–Trinajstić information content (AvgIpc) is 3.30. The van der Waals surface area contributed by atoms with Crippen molar-refractivity contribution in [2.75, 3.05) is 0 Å². The van der Waals surface area contributed by atoms with E-state index in [-0.39, 0.29) is 11.0 Å². The molecule has 126 valence electrons. The number of nitrogens with zero attached hydrogens (tertiary/aromatic N) is 2. The molecule has 0 fully saturated rings. The van der Waals surface area contributed by atoms with E-state index in [1.807, 2.05) is 43.3 Å². The first-order valence-electron chi connectivity index (χ1n) is 8.51. The maximum atomic E-state index is 12.7.